The normalized spacial score (nSPS) is 18.0. The first-order valence-corrected chi connectivity index (χ1v) is 5.65. The SMILES string of the molecule is [c]1ccc(NCC2CCCCC2)cc1. The lowest BCUT2D eigenvalue weighted by Gasteiger charge is -2.22. The van der Waals surface area contributed by atoms with Crippen molar-refractivity contribution in [3.05, 3.63) is 30.3 Å². The van der Waals surface area contributed by atoms with Crippen molar-refractivity contribution in [1.82, 2.24) is 0 Å². The standard InChI is InChI=1S/C13H18N/c1-3-7-12(8-4-1)11-14-13-9-5-2-6-10-13/h5-6,9-10,12,14H,1,3-4,7-8,11H2. The number of anilines is 1. The van der Waals surface area contributed by atoms with E-state index in [1.165, 1.54) is 37.8 Å². The average molecular weight is 188 g/mol. The Morgan fingerprint density at radius 3 is 2.57 bits per heavy atom. The molecule has 75 valence electrons. The highest BCUT2D eigenvalue weighted by molar-refractivity contribution is 5.42. The fourth-order valence-electron chi connectivity index (χ4n) is 2.16. The maximum atomic E-state index is 3.49. The van der Waals surface area contributed by atoms with Crippen LogP contribution in [-0.4, -0.2) is 6.54 Å². The zero-order valence-corrected chi connectivity index (χ0v) is 8.63. The smallest absolute Gasteiger partial charge is 0.0340 e. The van der Waals surface area contributed by atoms with Gasteiger partial charge in [-0.05, 0) is 37.0 Å². The second kappa shape index (κ2) is 5.04. The molecule has 0 unspecified atom stereocenters. The summed E-state index contributed by atoms with van der Waals surface area (Å²) in [6.45, 7) is 1.14. The van der Waals surface area contributed by atoms with Crippen LogP contribution in [0.2, 0.25) is 0 Å². The Hall–Kier alpha value is -0.980. The fourth-order valence-corrected chi connectivity index (χ4v) is 2.16. The second-order valence-electron chi connectivity index (χ2n) is 4.17. The van der Waals surface area contributed by atoms with Gasteiger partial charge in [0.2, 0.25) is 0 Å². The monoisotopic (exact) mass is 188 g/mol. The van der Waals surface area contributed by atoms with E-state index in [4.69, 9.17) is 0 Å². The van der Waals surface area contributed by atoms with Gasteiger partial charge in [0.1, 0.15) is 0 Å². The maximum Gasteiger partial charge on any atom is 0.0340 e. The Bertz CT molecular complexity index is 249. The summed E-state index contributed by atoms with van der Waals surface area (Å²) >= 11 is 0. The third kappa shape index (κ3) is 2.76. The Labute approximate surface area is 86.5 Å². The molecule has 14 heavy (non-hydrogen) atoms. The third-order valence-corrected chi connectivity index (χ3v) is 3.04. The number of hydrogen-bond donors (Lipinski definition) is 1. The van der Waals surface area contributed by atoms with Crippen LogP contribution in [0.25, 0.3) is 0 Å². The van der Waals surface area contributed by atoms with E-state index in [1.807, 2.05) is 12.1 Å². The molecule has 0 amide bonds. The molecule has 0 bridgehead atoms. The average Bonchev–Trinajstić information content (AvgIpc) is 2.29. The first-order chi connectivity index (χ1) is 6.95. The Balaban J connectivity index is 1.76. The van der Waals surface area contributed by atoms with E-state index < -0.39 is 0 Å². The van der Waals surface area contributed by atoms with Gasteiger partial charge in [0.25, 0.3) is 0 Å². The number of nitrogens with one attached hydrogen (secondary N) is 1. The van der Waals surface area contributed by atoms with Crippen molar-refractivity contribution in [1.29, 1.82) is 0 Å². The van der Waals surface area contributed by atoms with Crippen LogP contribution >= 0.6 is 0 Å². The van der Waals surface area contributed by atoms with E-state index >= 15 is 0 Å². The van der Waals surface area contributed by atoms with Gasteiger partial charge in [-0.25, -0.2) is 0 Å². The number of benzene rings is 1. The highest BCUT2D eigenvalue weighted by Gasteiger charge is 2.12. The molecule has 1 aromatic rings. The zero-order valence-electron chi connectivity index (χ0n) is 8.63. The van der Waals surface area contributed by atoms with E-state index in [2.05, 4.69) is 23.5 Å². The van der Waals surface area contributed by atoms with E-state index in [0.29, 0.717) is 0 Å². The maximum absolute atomic E-state index is 3.49. The molecule has 1 aliphatic carbocycles. The summed E-state index contributed by atoms with van der Waals surface area (Å²) in [4.78, 5) is 0. The molecule has 0 spiro atoms. The third-order valence-electron chi connectivity index (χ3n) is 3.04. The lowest BCUT2D eigenvalue weighted by Crippen LogP contribution is -2.16. The van der Waals surface area contributed by atoms with E-state index in [9.17, 15) is 0 Å². The van der Waals surface area contributed by atoms with Gasteiger partial charge in [0.15, 0.2) is 0 Å². The van der Waals surface area contributed by atoms with Crippen LogP contribution in [0.3, 0.4) is 0 Å². The second-order valence-corrected chi connectivity index (χ2v) is 4.17. The molecule has 2 rings (SSSR count). The minimum absolute atomic E-state index is 0.896. The van der Waals surface area contributed by atoms with Crippen molar-refractivity contribution in [3.8, 4) is 0 Å². The van der Waals surface area contributed by atoms with Crippen molar-refractivity contribution in [2.24, 2.45) is 5.92 Å². The summed E-state index contributed by atoms with van der Waals surface area (Å²) in [5.41, 5.74) is 1.23. The van der Waals surface area contributed by atoms with Gasteiger partial charge in [0, 0.05) is 12.2 Å². The van der Waals surface area contributed by atoms with Gasteiger partial charge in [-0.15, -0.1) is 0 Å². The van der Waals surface area contributed by atoms with Crippen LogP contribution in [0.1, 0.15) is 32.1 Å². The van der Waals surface area contributed by atoms with Crippen LogP contribution in [0.5, 0.6) is 0 Å². The Kier molecular flexibility index (Phi) is 3.44. The lowest BCUT2D eigenvalue weighted by atomic mass is 9.89. The van der Waals surface area contributed by atoms with Gasteiger partial charge in [-0.1, -0.05) is 31.4 Å². The molecule has 1 aliphatic rings. The van der Waals surface area contributed by atoms with Crippen molar-refractivity contribution in [2.75, 3.05) is 11.9 Å². The van der Waals surface area contributed by atoms with Gasteiger partial charge >= 0.3 is 0 Å². The molecular formula is C13H18N. The van der Waals surface area contributed by atoms with E-state index in [-0.39, 0.29) is 0 Å². The molecule has 1 saturated carbocycles. The molecule has 1 N–H and O–H groups in total. The highest BCUT2D eigenvalue weighted by atomic mass is 14.9. The fraction of sp³-hybridized carbons (Fsp3) is 0.538. The van der Waals surface area contributed by atoms with Crippen LogP contribution in [-0.2, 0) is 0 Å². The van der Waals surface area contributed by atoms with Crippen molar-refractivity contribution >= 4 is 5.69 Å². The van der Waals surface area contributed by atoms with Gasteiger partial charge in [-0.3, -0.25) is 0 Å². The lowest BCUT2D eigenvalue weighted by molar-refractivity contribution is 0.373. The largest absolute Gasteiger partial charge is 0.385 e. The topological polar surface area (TPSA) is 12.0 Å². The molecule has 1 fully saturated rings. The summed E-state index contributed by atoms with van der Waals surface area (Å²) in [7, 11) is 0. The first kappa shape index (κ1) is 9.57. The molecule has 1 heteroatoms. The van der Waals surface area contributed by atoms with Gasteiger partial charge in [0.05, 0.1) is 0 Å². The highest BCUT2D eigenvalue weighted by Crippen LogP contribution is 2.23. The summed E-state index contributed by atoms with van der Waals surface area (Å²) in [6, 6.07) is 11.1. The molecule has 1 radical (unpaired) electrons. The molecule has 0 aromatic heterocycles. The minimum Gasteiger partial charge on any atom is -0.385 e. The van der Waals surface area contributed by atoms with Gasteiger partial charge < -0.3 is 5.32 Å². The molecule has 1 aromatic carbocycles. The summed E-state index contributed by atoms with van der Waals surface area (Å²) in [5.74, 6) is 0.896. The molecule has 0 heterocycles. The number of hydrogen-bond acceptors (Lipinski definition) is 1. The quantitative estimate of drug-likeness (QED) is 0.765. The van der Waals surface area contributed by atoms with Crippen LogP contribution in [0.4, 0.5) is 5.69 Å². The Morgan fingerprint density at radius 2 is 1.86 bits per heavy atom. The summed E-state index contributed by atoms with van der Waals surface area (Å²) in [5, 5.41) is 3.49. The Morgan fingerprint density at radius 1 is 1.14 bits per heavy atom. The van der Waals surface area contributed by atoms with Crippen molar-refractivity contribution in [2.45, 2.75) is 32.1 Å². The summed E-state index contributed by atoms with van der Waals surface area (Å²) in [6.07, 6.45) is 7.11. The zero-order chi connectivity index (χ0) is 9.64. The van der Waals surface area contributed by atoms with Crippen molar-refractivity contribution < 1.29 is 0 Å². The molecule has 1 nitrogen and oxygen atoms in total. The van der Waals surface area contributed by atoms with E-state index in [1.54, 1.807) is 0 Å². The van der Waals surface area contributed by atoms with Crippen LogP contribution in [0, 0.1) is 12.0 Å². The van der Waals surface area contributed by atoms with Crippen LogP contribution < -0.4 is 5.32 Å². The van der Waals surface area contributed by atoms with Crippen LogP contribution in [0.15, 0.2) is 24.3 Å². The molecule has 0 saturated heterocycles. The summed E-state index contributed by atoms with van der Waals surface area (Å²) < 4.78 is 0. The predicted molar refractivity (Wildman–Crippen MR) is 60.3 cm³/mol. The minimum atomic E-state index is 0.896. The number of rotatable bonds is 3. The van der Waals surface area contributed by atoms with E-state index in [0.717, 1.165) is 12.5 Å². The first-order valence-electron chi connectivity index (χ1n) is 5.65. The predicted octanol–water partition coefficient (Wildman–Crippen LogP) is 3.48. The van der Waals surface area contributed by atoms with Crippen molar-refractivity contribution in [3.63, 3.8) is 0 Å². The molecular weight excluding hydrogens is 170 g/mol. The molecule has 0 aliphatic heterocycles. The molecule has 0 atom stereocenters. The van der Waals surface area contributed by atoms with Gasteiger partial charge in [-0.2, -0.15) is 0 Å².